The number of hydrazone groups is 1. The highest BCUT2D eigenvalue weighted by molar-refractivity contribution is 7.90. The van der Waals surface area contributed by atoms with Crippen molar-refractivity contribution in [3.63, 3.8) is 0 Å². The van der Waals surface area contributed by atoms with E-state index in [0.29, 0.717) is 29.6 Å². The van der Waals surface area contributed by atoms with E-state index >= 15 is 0 Å². The summed E-state index contributed by atoms with van der Waals surface area (Å²) < 4.78 is 27.9. The summed E-state index contributed by atoms with van der Waals surface area (Å²) in [5.41, 5.74) is 0.508. The van der Waals surface area contributed by atoms with E-state index in [0.717, 1.165) is 6.42 Å². The van der Waals surface area contributed by atoms with E-state index in [1.807, 2.05) is 13.1 Å². The van der Waals surface area contributed by atoms with Gasteiger partial charge in [-0.2, -0.15) is 5.10 Å². The normalized spacial score (nSPS) is 18.5. The highest BCUT2D eigenvalue weighted by Crippen LogP contribution is 2.23. The first-order valence-corrected chi connectivity index (χ1v) is 9.39. The molecule has 1 atom stereocenters. The second-order valence-corrected chi connectivity index (χ2v) is 7.34. The number of hydrogen-bond donors (Lipinski definition) is 1. The number of guanidine groups is 1. The summed E-state index contributed by atoms with van der Waals surface area (Å²) in [5, 5.41) is 6.25. The summed E-state index contributed by atoms with van der Waals surface area (Å²) in [7, 11) is -3.78. The summed E-state index contributed by atoms with van der Waals surface area (Å²) in [6.07, 6.45) is 2.77. The molecule has 1 aliphatic heterocycles. The third-order valence-corrected chi connectivity index (χ3v) is 5.52. The third-order valence-electron chi connectivity index (χ3n) is 3.63. The number of benzene rings is 1. The molecular weight excluding hydrogens is 336 g/mol. The van der Waals surface area contributed by atoms with Gasteiger partial charge in [-0.3, -0.25) is 4.99 Å². The molecule has 2 rings (SSSR count). The number of rotatable bonds is 4. The van der Waals surface area contributed by atoms with Gasteiger partial charge in [-0.15, -0.1) is 0 Å². The lowest BCUT2D eigenvalue weighted by molar-refractivity contribution is 0.429. The minimum Gasteiger partial charge on any atom is -0.251 e. The highest BCUT2D eigenvalue weighted by Gasteiger charge is 2.26. The van der Waals surface area contributed by atoms with Crippen LogP contribution in [0.1, 0.15) is 25.8 Å². The Morgan fingerprint density at radius 3 is 2.83 bits per heavy atom. The Hall–Kier alpha value is -1.60. The first-order chi connectivity index (χ1) is 10.9. The summed E-state index contributed by atoms with van der Waals surface area (Å²) in [6.45, 7) is 6.66. The summed E-state index contributed by atoms with van der Waals surface area (Å²) in [4.78, 5) is 4.39. The minimum absolute atomic E-state index is 0.143. The Bertz CT molecular complexity index is 731. The van der Waals surface area contributed by atoms with Gasteiger partial charge in [0.2, 0.25) is 5.96 Å². The van der Waals surface area contributed by atoms with Gasteiger partial charge in [0.1, 0.15) is 0 Å². The number of nitrogens with zero attached hydrogens (tertiary/aromatic N) is 3. The lowest BCUT2D eigenvalue weighted by Gasteiger charge is -2.20. The lowest BCUT2D eigenvalue weighted by Crippen LogP contribution is -2.41. The zero-order valence-corrected chi connectivity index (χ0v) is 15.0. The molecule has 1 aromatic rings. The largest absolute Gasteiger partial charge is 0.264 e. The smallest absolute Gasteiger partial charge is 0.251 e. The van der Waals surface area contributed by atoms with Crippen molar-refractivity contribution in [3.05, 3.63) is 28.8 Å². The monoisotopic (exact) mass is 356 g/mol. The summed E-state index contributed by atoms with van der Waals surface area (Å²) in [5.74, 6) is 0.536. The van der Waals surface area contributed by atoms with E-state index in [1.165, 1.54) is 6.07 Å². The number of nitrogens with one attached hydrogen (secondary N) is 1. The van der Waals surface area contributed by atoms with Crippen LogP contribution in [-0.4, -0.2) is 38.7 Å². The molecule has 23 heavy (non-hydrogen) atoms. The first kappa shape index (κ1) is 17.7. The fourth-order valence-electron chi connectivity index (χ4n) is 2.24. The SMILES string of the molecule is CCN=C(NS(=O)(=O)c1cccc(Cl)c1C)N1CC(CC)C=N1. The Morgan fingerprint density at radius 2 is 2.22 bits per heavy atom. The third kappa shape index (κ3) is 4.03. The number of aliphatic imine (C=N–C) groups is 1. The maximum absolute atomic E-state index is 12.7. The highest BCUT2D eigenvalue weighted by atomic mass is 35.5. The molecular formula is C15H21ClN4O2S. The van der Waals surface area contributed by atoms with Crippen LogP contribution >= 0.6 is 11.6 Å². The van der Waals surface area contributed by atoms with E-state index in [1.54, 1.807) is 24.1 Å². The second-order valence-electron chi connectivity index (χ2n) is 5.28. The van der Waals surface area contributed by atoms with Gasteiger partial charge in [-0.05, 0) is 38.0 Å². The average Bonchev–Trinajstić information content (AvgIpc) is 2.98. The van der Waals surface area contributed by atoms with Gasteiger partial charge in [0.15, 0.2) is 0 Å². The lowest BCUT2D eigenvalue weighted by atomic mass is 10.1. The Labute approximate surface area is 142 Å². The van der Waals surface area contributed by atoms with Gasteiger partial charge in [0.05, 0.1) is 11.4 Å². The molecule has 126 valence electrons. The summed E-state index contributed by atoms with van der Waals surface area (Å²) >= 11 is 6.03. The fraction of sp³-hybridized carbons (Fsp3) is 0.467. The molecule has 6 nitrogen and oxygen atoms in total. The minimum atomic E-state index is -3.78. The van der Waals surface area contributed by atoms with Crippen LogP contribution in [0.4, 0.5) is 0 Å². The molecule has 1 N–H and O–H groups in total. The molecule has 0 radical (unpaired) electrons. The maximum Gasteiger partial charge on any atom is 0.264 e. The van der Waals surface area contributed by atoms with Gasteiger partial charge in [-0.25, -0.2) is 18.1 Å². The molecule has 1 aromatic carbocycles. The van der Waals surface area contributed by atoms with Crippen molar-refractivity contribution in [2.75, 3.05) is 13.1 Å². The molecule has 0 aromatic heterocycles. The van der Waals surface area contributed by atoms with Gasteiger partial charge < -0.3 is 0 Å². The van der Waals surface area contributed by atoms with Crippen LogP contribution < -0.4 is 4.72 Å². The molecule has 0 saturated heterocycles. The molecule has 0 spiro atoms. The van der Waals surface area contributed by atoms with Gasteiger partial charge in [0.25, 0.3) is 10.0 Å². The van der Waals surface area contributed by atoms with Crippen LogP contribution in [0.15, 0.2) is 33.2 Å². The molecule has 0 fully saturated rings. The van der Waals surface area contributed by atoms with Crippen LogP contribution in [0.5, 0.6) is 0 Å². The summed E-state index contributed by atoms with van der Waals surface area (Å²) in [6, 6.07) is 4.80. The van der Waals surface area contributed by atoms with Crippen molar-refractivity contribution >= 4 is 33.8 Å². The molecule has 0 bridgehead atoms. The number of hydrogen-bond acceptors (Lipinski definition) is 4. The average molecular weight is 357 g/mol. The molecule has 0 amide bonds. The van der Waals surface area contributed by atoms with Crippen LogP contribution in [-0.2, 0) is 10.0 Å². The van der Waals surface area contributed by atoms with Crippen LogP contribution in [0.3, 0.4) is 0 Å². The Morgan fingerprint density at radius 1 is 1.48 bits per heavy atom. The molecule has 0 saturated carbocycles. The van der Waals surface area contributed by atoms with Crippen molar-refractivity contribution in [1.82, 2.24) is 9.73 Å². The molecule has 1 heterocycles. The maximum atomic E-state index is 12.7. The molecule has 1 unspecified atom stereocenters. The van der Waals surface area contributed by atoms with E-state index < -0.39 is 10.0 Å². The number of sulfonamides is 1. The topological polar surface area (TPSA) is 74.1 Å². The molecule has 1 aliphatic rings. The van der Waals surface area contributed by atoms with Crippen LogP contribution in [0, 0.1) is 12.8 Å². The van der Waals surface area contributed by atoms with Crippen molar-refractivity contribution in [1.29, 1.82) is 0 Å². The van der Waals surface area contributed by atoms with Crippen molar-refractivity contribution in [2.24, 2.45) is 16.0 Å². The van der Waals surface area contributed by atoms with E-state index in [4.69, 9.17) is 11.6 Å². The van der Waals surface area contributed by atoms with Gasteiger partial charge >= 0.3 is 0 Å². The predicted molar refractivity (Wildman–Crippen MR) is 93.5 cm³/mol. The van der Waals surface area contributed by atoms with Crippen molar-refractivity contribution in [3.8, 4) is 0 Å². The standard InChI is InChI=1S/C15H21ClN4O2S/c1-4-12-9-18-20(10-12)15(17-5-2)19-23(21,22)14-8-6-7-13(16)11(14)3/h6-9,12H,4-5,10H2,1-3H3,(H,17,19). The van der Waals surface area contributed by atoms with Gasteiger partial charge in [-0.1, -0.05) is 24.6 Å². The van der Waals surface area contributed by atoms with E-state index in [-0.39, 0.29) is 10.9 Å². The first-order valence-electron chi connectivity index (χ1n) is 7.53. The quantitative estimate of drug-likeness (QED) is 0.665. The number of halogens is 1. The predicted octanol–water partition coefficient (Wildman–Crippen LogP) is 2.63. The Kier molecular flexibility index (Phi) is 5.64. The fourth-order valence-corrected chi connectivity index (χ4v) is 3.76. The zero-order valence-electron chi connectivity index (χ0n) is 13.5. The van der Waals surface area contributed by atoms with Gasteiger partial charge in [0, 0.05) is 23.7 Å². The van der Waals surface area contributed by atoms with Crippen LogP contribution in [0.25, 0.3) is 0 Å². The van der Waals surface area contributed by atoms with Crippen molar-refractivity contribution < 1.29 is 8.42 Å². The molecule has 8 heteroatoms. The molecule has 0 aliphatic carbocycles. The second kappa shape index (κ2) is 7.31. The van der Waals surface area contributed by atoms with Crippen LogP contribution in [0.2, 0.25) is 5.02 Å². The van der Waals surface area contributed by atoms with Crippen molar-refractivity contribution in [2.45, 2.75) is 32.1 Å². The van der Waals surface area contributed by atoms with E-state index in [2.05, 4.69) is 21.7 Å². The van der Waals surface area contributed by atoms with E-state index in [9.17, 15) is 8.42 Å². The Balaban J connectivity index is 2.28. The zero-order chi connectivity index (χ0) is 17.0.